The maximum atomic E-state index is 12.2. The quantitative estimate of drug-likeness (QED) is 0.729. The summed E-state index contributed by atoms with van der Waals surface area (Å²) in [7, 11) is 0. The van der Waals surface area contributed by atoms with E-state index in [2.05, 4.69) is 17.6 Å². The molecule has 2 bridgehead atoms. The first kappa shape index (κ1) is 17.2. The smallest absolute Gasteiger partial charge is 0.325 e. The molecule has 6 nitrogen and oxygen atoms in total. The van der Waals surface area contributed by atoms with Crippen molar-refractivity contribution in [3.8, 4) is 0 Å². The number of fused-ring (bicyclic) bond motifs is 2. The second kappa shape index (κ2) is 6.37. The van der Waals surface area contributed by atoms with Crippen LogP contribution >= 0.6 is 0 Å². The molecule has 4 atom stereocenters. The molecule has 0 aromatic carbocycles. The molecule has 24 heavy (non-hydrogen) atoms. The number of urea groups is 1. The summed E-state index contributed by atoms with van der Waals surface area (Å²) in [6, 6.07) is -0.135. The summed E-state index contributed by atoms with van der Waals surface area (Å²) in [6.07, 6.45) is 6.13. The molecule has 4 amide bonds. The largest absolute Gasteiger partial charge is 0.353 e. The molecule has 1 heterocycles. The van der Waals surface area contributed by atoms with Crippen LogP contribution in [-0.2, 0) is 9.59 Å². The Kier molecular flexibility index (Phi) is 4.58. The molecule has 0 spiro atoms. The molecule has 134 valence electrons. The molecule has 3 fully saturated rings. The number of imide groups is 1. The van der Waals surface area contributed by atoms with E-state index >= 15 is 0 Å². The van der Waals surface area contributed by atoms with Crippen molar-refractivity contribution in [2.45, 2.75) is 70.9 Å². The van der Waals surface area contributed by atoms with E-state index in [4.69, 9.17) is 0 Å². The van der Waals surface area contributed by atoms with Crippen molar-refractivity contribution in [1.82, 2.24) is 15.5 Å². The minimum atomic E-state index is -0.838. The molecule has 6 heteroatoms. The predicted octanol–water partition coefficient (Wildman–Crippen LogP) is 2.04. The average molecular weight is 335 g/mol. The van der Waals surface area contributed by atoms with Gasteiger partial charge < -0.3 is 10.6 Å². The molecule has 3 aliphatic rings. The van der Waals surface area contributed by atoms with Gasteiger partial charge in [-0.05, 0) is 64.2 Å². The predicted molar refractivity (Wildman–Crippen MR) is 90.1 cm³/mol. The van der Waals surface area contributed by atoms with Gasteiger partial charge in [0.15, 0.2) is 0 Å². The molecule has 2 N–H and O–H groups in total. The molecule has 2 aliphatic carbocycles. The van der Waals surface area contributed by atoms with Gasteiger partial charge in [0.25, 0.3) is 5.91 Å². The SMILES string of the molecule is C[C@H](NC(=O)CCCN1C(=O)NC(C)(C)C1=O)[C@@H]1C[C@H]2CC[C@H]1C2. The van der Waals surface area contributed by atoms with Crippen LogP contribution in [0.4, 0.5) is 4.79 Å². The van der Waals surface area contributed by atoms with E-state index in [-0.39, 0.29) is 23.9 Å². The molecule has 1 aliphatic heterocycles. The number of hydrogen-bond donors (Lipinski definition) is 2. The van der Waals surface area contributed by atoms with Crippen molar-refractivity contribution in [1.29, 1.82) is 0 Å². The highest BCUT2D eigenvalue weighted by Crippen LogP contribution is 2.49. The Morgan fingerprint density at radius 2 is 2.08 bits per heavy atom. The summed E-state index contributed by atoms with van der Waals surface area (Å²) >= 11 is 0. The second-order valence-electron chi connectivity index (χ2n) is 8.31. The number of hydrogen-bond acceptors (Lipinski definition) is 3. The minimum Gasteiger partial charge on any atom is -0.353 e. The van der Waals surface area contributed by atoms with Gasteiger partial charge in [0, 0.05) is 19.0 Å². The average Bonchev–Trinajstić information content (AvgIpc) is 3.17. The van der Waals surface area contributed by atoms with E-state index in [0.29, 0.717) is 25.3 Å². The highest BCUT2D eigenvalue weighted by molar-refractivity contribution is 6.06. The number of rotatable bonds is 6. The van der Waals surface area contributed by atoms with Crippen LogP contribution in [0.15, 0.2) is 0 Å². The normalized spacial score (nSPS) is 32.1. The van der Waals surface area contributed by atoms with Crippen LogP contribution < -0.4 is 10.6 Å². The third-order valence-corrected chi connectivity index (χ3v) is 6.05. The van der Waals surface area contributed by atoms with E-state index < -0.39 is 5.54 Å². The van der Waals surface area contributed by atoms with Gasteiger partial charge >= 0.3 is 6.03 Å². The first-order valence-electron chi connectivity index (χ1n) is 9.21. The topological polar surface area (TPSA) is 78.5 Å². The van der Waals surface area contributed by atoms with E-state index in [0.717, 1.165) is 11.8 Å². The Labute approximate surface area is 143 Å². The third kappa shape index (κ3) is 3.28. The minimum absolute atomic E-state index is 0.0246. The second-order valence-corrected chi connectivity index (χ2v) is 8.31. The Morgan fingerprint density at radius 3 is 2.62 bits per heavy atom. The lowest BCUT2D eigenvalue weighted by Gasteiger charge is -2.28. The van der Waals surface area contributed by atoms with E-state index in [1.165, 1.54) is 30.6 Å². The fourth-order valence-electron chi connectivity index (χ4n) is 4.76. The van der Waals surface area contributed by atoms with Gasteiger partial charge in [0.1, 0.15) is 5.54 Å². The molecular weight excluding hydrogens is 306 g/mol. The summed E-state index contributed by atoms with van der Waals surface area (Å²) in [5.74, 6) is 2.10. The molecule has 3 rings (SSSR count). The number of amides is 4. The van der Waals surface area contributed by atoms with E-state index in [9.17, 15) is 14.4 Å². The summed E-state index contributed by atoms with van der Waals surface area (Å²) in [4.78, 5) is 37.3. The molecule has 0 aromatic rings. The van der Waals surface area contributed by atoms with Crippen molar-refractivity contribution < 1.29 is 14.4 Å². The summed E-state index contributed by atoms with van der Waals surface area (Å²) in [6.45, 7) is 5.79. The molecule has 0 aromatic heterocycles. The van der Waals surface area contributed by atoms with Crippen LogP contribution in [0.25, 0.3) is 0 Å². The summed E-state index contributed by atoms with van der Waals surface area (Å²) in [5, 5.41) is 5.78. The van der Waals surface area contributed by atoms with Crippen molar-refractivity contribution >= 4 is 17.8 Å². The van der Waals surface area contributed by atoms with Crippen LogP contribution in [0.1, 0.15) is 59.3 Å². The van der Waals surface area contributed by atoms with Crippen LogP contribution in [-0.4, -0.2) is 40.9 Å². The molecular formula is C18H29N3O3. The van der Waals surface area contributed by atoms with E-state index in [1.54, 1.807) is 13.8 Å². The van der Waals surface area contributed by atoms with Crippen LogP contribution in [0.5, 0.6) is 0 Å². The lowest BCUT2D eigenvalue weighted by molar-refractivity contribution is -0.130. The van der Waals surface area contributed by atoms with Crippen molar-refractivity contribution in [3.63, 3.8) is 0 Å². The molecule has 1 saturated heterocycles. The maximum Gasteiger partial charge on any atom is 0.325 e. The fraction of sp³-hybridized carbons (Fsp3) is 0.833. The van der Waals surface area contributed by atoms with E-state index in [1.807, 2.05) is 0 Å². The van der Waals surface area contributed by atoms with Crippen LogP contribution in [0, 0.1) is 17.8 Å². The first-order valence-corrected chi connectivity index (χ1v) is 9.21. The number of carbonyl (C=O) groups excluding carboxylic acids is 3. The Bertz CT molecular complexity index is 546. The summed E-state index contributed by atoms with van der Waals surface area (Å²) in [5.41, 5.74) is -0.838. The highest BCUT2D eigenvalue weighted by Gasteiger charge is 2.44. The Hall–Kier alpha value is -1.59. The summed E-state index contributed by atoms with van der Waals surface area (Å²) < 4.78 is 0. The zero-order valence-electron chi connectivity index (χ0n) is 14.9. The molecule has 0 unspecified atom stereocenters. The zero-order valence-corrected chi connectivity index (χ0v) is 14.9. The Balaban J connectivity index is 1.40. The highest BCUT2D eigenvalue weighted by atomic mass is 16.2. The van der Waals surface area contributed by atoms with Gasteiger partial charge in [-0.25, -0.2) is 4.79 Å². The number of nitrogens with zero attached hydrogens (tertiary/aromatic N) is 1. The number of nitrogens with one attached hydrogen (secondary N) is 2. The van der Waals surface area contributed by atoms with Crippen molar-refractivity contribution in [2.75, 3.05) is 6.54 Å². The maximum absolute atomic E-state index is 12.2. The lowest BCUT2D eigenvalue weighted by atomic mass is 9.84. The molecule has 2 saturated carbocycles. The third-order valence-electron chi connectivity index (χ3n) is 6.05. The van der Waals surface area contributed by atoms with Gasteiger partial charge in [0.2, 0.25) is 5.91 Å². The van der Waals surface area contributed by atoms with Gasteiger partial charge in [-0.3, -0.25) is 14.5 Å². The fourth-order valence-corrected chi connectivity index (χ4v) is 4.76. The standard InChI is InChI=1S/C18H29N3O3/c1-11(14-10-12-6-7-13(14)9-12)19-15(22)5-4-8-21-16(23)18(2,3)20-17(21)24/h11-14H,4-10H2,1-3H3,(H,19,22)(H,20,24)/t11-,12-,13-,14-/m0/s1. The van der Waals surface area contributed by atoms with Gasteiger partial charge in [-0.15, -0.1) is 0 Å². The van der Waals surface area contributed by atoms with Crippen molar-refractivity contribution in [2.24, 2.45) is 17.8 Å². The van der Waals surface area contributed by atoms with Crippen LogP contribution in [0.3, 0.4) is 0 Å². The van der Waals surface area contributed by atoms with Crippen LogP contribution in [0.2, 0.25) is 0 Å². The number of carbonyl (C=O) groups is 3. The van der Waals surface area contributed by atoms with Gasteiger partial charge in [0.05, 0.1) is 0 Å². The van der Waals surface area contributed by atoms with Crippen molar-refractivity contribution in [3.05, 3.63) is 0 Å². The zero-order chi connectivity index (χ0) is 17.5. The monoisotopic (exact) mass is 335 g/mol. The van der Waals surface area contributed by atoms with Gasteiger partial charge in [-0.2, -0.15) is 0 Å². The first-order chi connectivity index (χ1) is 11.3. The lowest BCUT2D eigenvalue weighted by Crippen LogP contribution is -2.41. The van der Waals surface area contributed by atoms with Gasteiger partial charge in [-0.1, -0.05) is 6.42 Å². The Morgan fingerprint density at radius 1 is 1.33 bits per heavy atom. The molecule has 0 radical (unpaired) electrons.